The number of carbonyl (C=O) groups is 1. The molecule has 1 saturated heterocycles. The van der Waals surface area contributed by atoms with Crippen LogP contribution in [0, 0.1) is 0 Å². The van der Waals surface area contributed by atoms with Crippen molar-refractivity contribution in [2.24, 2.45) is 0 Å². The van der Waals surface area contributed by atoms with E-state index in [1.54, 1.807) is 45.0 Å². The van der Waals surface area contributed by atoms with Crippen LogP contribution < -0.4 is 5.32 Å². The van der Waals surface area contributed by atoms with E-state index in [1.165, 1.54) is 4.31 Å². The van der Waals surface area contributed by atoms with Crippen LogP contribution in [0.25, 0.3) is 0 Å². The quantitative estimate of drug-likeness (QED) is 0.814. The maximum Gasteiger partial charge on any atom is 0.407 e. The molecule has 6 nitrogen and oxygen atoms in total. The lowest BCUT2D eigenvalue weighted by Gasteiger charge is -2.26. The van der Waals surface area contributed by atoms with E-state index < -0.39 is 21.7 Å². The summed E-state index contributed by atoms with van der Waals surface area (Å²) in [5.74, 6) is 0. The predicted octanol–water partition coefficient (Wildman–Crippen LogP) is 3.13. The number of halogens is 1. The number of sulfonamides is 1. The van der Waals surface area contributed by atoms with E-state index in [2.05, 4.69) is 21.2 Å². The minimum atomic E-state index is -3.61. The van der Waals surface area contributed by atoms with Crippen LogP contribution in [-0.2, 0) is 14.8 Å². The Morgan fingerprint density at radius 2 is 2.04 bits per heavy atom. The number of benzene rings is 1. The van der Waals surface area contributed by atoms with Gasteiger partial charge in [-0.2, -0.15) is 4.31 Å². The molecule has 0 radical (unpaired) electrons. The number of hydrogen-bond donors (Lipinski definition) is 1. The molecule has 1 amide bonds. The average molecular weight is 419 g/mol. The first kappa shape index (κ1) is 19.2. The van der Waals surface area contributed by atoms with Gasteiger partial charge in [-0.3, -0.25) is 0 Å². The van der Waals surface area contributed by atoms with Crippen LogP contribution in [0.15, 0.2) is 33.6 Å². The van der Waals surface area contributed by atoms with E-state index in [0.29, 0.717) is 17.4 Å². The lowest BCUT2D eigenvalue weighted by molar-refractivity contribution is 0.0519. The molecule has 1 aromatic carbocycles. The summed E-state index contributed by atoms with van der Waals surface area (Å²) in [5, 5.41) is 2.67. The molecule has 1 atom stereocenters. The molecule has 0 aromatic heterocycles. The molecule has 1 aromatic rings. The lowest BCUT2D eigenvalue weighted by atomic mass is 10.2. The van der Waals surface area contributed by atoms with Crippen molar-refractivity contribution < 1.29 is 17.9 Å². The van der Waals surface area contributed by atoms with Gasteiger partial charge < -0.3 is 10.1 Å². The average Bonchev–Trinajstić information content (AvgIpc) is 2.93. The van der Waals surface area contributed by atoms with Crippen molar-refractivity contribution in [2.45, 2.75) is 50.2 Å². The van der Waals surface area contributed by atoms with Gasteiger partial charge in [-0.25, -0.2) is 13.2 Å². The van der Waals surface area contributed by atoms with E-state index in [4.69, 9.17) is 4.74 Å². The molecule has 134 valence electrons. The van der Waals surface area contributed by atoms with Crippen LogP contribution in [0.5, 0.6) is 0 Å². The SMILES string of the molecule is CC(C)(C)OC(=O)NC[C@H]1CCCN1S(=O)(=O)c1ccccc1Br. The number of rotatable bonds is 4. The molecule has 24 heavy (non-hydrogen) atoms. The summed E-state index contributed by atoms with van der Waals surface area (Å²) >= 11 is 3.30. The normalized spacial score (nSPS) is 19.2. The molecule has 0 bridgehead atoms. The number of amides is 1. The van der Waals surface area contributed by atoms with Gasteiger partial charge in [0.25, 0.3) is 0 Å². The van der Waals surface area contributed by atoms with Gasteiger partial charge in [0.15, 0.2) is 0 Å². The van der Waals surface area contributed by atoms with Crippen molar-refractivity contribution in [2.75, 3.05) is 13.1 Å². The first-order valence-corrected chi connectivity index (χ1v) is 10.1. The molecule has 1 aliphatic rings. The standard InChI is InChI=1S/C16H23BrN2O4S/c1-16(2,3)23-15(20)18-11-12-7-6-10-19(12)24(21,22)14-9-5-4-8-13(14)17/h4-5,8-9,12H,6-7,10-11H2,1-3H3,(H,18,20)/t12-/m1/s1. The monoisotopic (exact) mass is 418 g/mol. The Morgan fingerprint density at radius 1 is 1.38 bits per heavy atom. The highest BCUT2D eigenvalue weighted by molar-refractivity contribution is 9.10. The maximum absolute atomic E-state index is 12.9. The molecule has 1 N–H and O–H groups in total. The van der Waals surface area contributed by atoms with Crippen LogP contribution in [0.1, 0.15) is 33.6 Å². The van der Waals surface area contributed by atoms with Gasteiger partial charge in [-0.1, -0.05) is 12.1 Å². The van der Waals surface area contributed by atoms with Crippen LogP contribution in [-0.4, -0.2) is 43.5 Å². The molecular weight excluding hydrogens is 396 g/mol. The molecule has 0 spiro atoms. The maximum atomic E-state index is 12.9. The van der Waals surface area contributed by atoms with Gasteiger partial charge in [-0.05, 0) is 61.7 Å². The minimum absolute atomic E-state index is 0.235. The number of nitrogens with one attached hydrogen (secondary N) is 1. The molecule has 1 fully saturated rings. The van der Waals surface area contributed by atoms with Crippen LogP contribution in [0.2, 0.25) is 0 Å². The fourth-order valence-corrected chi connectivity index (χ4v) is 5.28. The molecule has 0 unspecified atom stereocenters. The zero-order valence-corrected chi connectivity index (χ0v) is 16.5. The van der Waals surface area contributed by atoms with Gasteiger partial charge in [0, 0.05) is 23.6 Å². The fourth-order valence-electron chi connectivity index (χ4n) is 2.63. The second-order valence-electron chi connectivity index (χ2n) is 6.73. The van der Waals surface area contributed by atoms with Crippen molar-refractivity contribution in [3.05, 3.63) is 28.7 Å². The highest BCUT2D eigenvalue weighted by Gasteiger charge is 2.36. The van der Waals surface area contributed by atoms with E-state index in [-0.39, 0.29) is 17.5 Å². The van der Waals surface area contributed by atoms with E-state index >= 15 is 0 Å². The second-order valence-corrected chi connectivity index (χ2v) is 9.44. The molecule has 1 heterocycles. The van der Waals surface area contributed by atoms with Crippen LogP contribution >= 0.6 is 15.9 Å². The smallest absolute Gasteiger partial charge is 0.407 e. The van der Waals surface area contributed by atoms with Gasteiger partial charge in [-0.15, -0.1) is 0 Å². The third kappa shape index (κ3) is 4.70. The minimum Gasteiger partial charge on any atom is -0.444 e. The third-order valence-electron chi connectivity index (χ3n) is 3.63. The largest absolute Gasteiger partial charge is 0.444 e. The number of hydrogen-bond acceptors (Lipinski definition) is 4. The summed E-state index contributed by atoms with van der Waals surface area (Å²) in [4.78, 5) is 12.0. The Labute approximate surface area is 151 Å². The lowest BCUT2D eigenvalue weighted by Crippen LogP contribution is -2.44. The van der Waals surface area contributed by atoms with Crippen molar-refractivity contribution >= 4 is 32.0 Å². The van der Waals surface area contributed by atoms with Crippen molar-refractivity contribution in [1.29, 1.82) is 0 Å². The molecule has 0 aliphatic carbocycles. The molecule has 8 heteroatoms. The Bertz CT molecular complexity index is 700. The molecule has 1 aliphatic heterocycles. The summed E-state index contributed by atoms with van der Waals surface area (Å²) in [6, 6.07) is 6.48. The summed E-state index contributed by atoms with van der Waals surface area (Å²) in [6.07, 6.45) is 0.941. The van der Waals surface area contributed by atoms with Crippen LogP contribution in [0.4, 0.5) is 4.79 Å². The van der Waals surface area contributed by atoms with Gasteiger partial charge in [0.2, 0.25) is 10.0 Å². The molecule has 2 rings (SSSR count). The number of nitrogens with zero attached hydrogens (tertiary/aromatic N) is 1. The molecule has 0 saturated carbocycles. The Hall–Kier alpha value is -1.12. The Balaban J connectivity index is 2.08. The Morgan fingerprint density at radius 3 is 2.67 bits per heavy atom. The summed E-state index contributed by atoms with van der Waals surface area (Å²) < 4.78 is 33.0. The van der Waals surface area contributed by atoms with Gasteiger partial charge >= 0.3 is 6.09 Å². The summed E-state index contributed by atoms with van der Waals surface area (Å²) in [6.45, 7) is 6.03. The summed E-state index contributed by atoms with van der Waals surface area (Å²) in [7, 11) is -3.61. The number of ether oxygens (including phenoxy) is 1. The fraction of sp³-hybridized carbons (Fsp3) is 0.562. The highest BCUT2D eigenvalue weighted by Crippen LogP contribution is 2.30. The molecular formula is C16H23BrN2O4S. The topological polar surface area (TPSA) is 75.7 Å². The number of alkyl carbamates (subject to hydrolysis) is 1. The van der Waals surface area contributed by atoms with Crippen LogP contribution in [0.3, 0.4) is 0 Å². The van der Waals surface area contributed by atoms with Crippen molar-refractivity contribution in [3.63, 3.8) is 0 Å². The van der Waals surface area contributed by atoms with Gasteiger partial charge in [0.1, 0.15) is 5.60 Å². The first-order valence-electron chi connectivity index (χ1n) is 7.84. The third-order valence-corrected chi connectivity index (χ3v) is 6.59. The second kappa shape index (κ2) is 7.41. The zero-order chi connectivity index (χ0) is 18.0. The first-order chi connectivity index (χ1) is 11.1. The van der Waals surface area contributed by atoms with Crippen molar-refractivity contribution in [1.82, 2.24) is 9.62 Å². The van der Waals surface area contributed by atoms with E-state index in [0.717, 1.165) is 6.42 Å². The zero-order valence-electron chi connectivity index (χ0n) is 14.1. The number of carbonyl (C=O) groups excluding carboxylic acids is 1. The predicted molar refractivity (Wildman–Crippen MR) is 95.3 cm³/mol. The van der Waals surface area contributed by atoms with Crippen molar-refractivity contribution in [3.8, 4) is 0 Å². The van der Waals surface area contributed by atoms with Gasteiger partial charge in [0.05, 0.1) is 4.90 Å². The highest BCUT2D eigenvalue weighted by atomic mass is 79.9. The Kier molecular flexibility index (Phi) is 5.93. The van der Waals surface area contributed by atoms with E-state index in [9.17, 15) is 13.2 Å². The summed E-state index contributed by atoms with van der Waals surface area (Å²) in [5.41, 5.74) is -0.583. The van der Waals surface area contributed by atoms with E-state index in [1.807, 2.05) is 0 Å².